The highest BCUT2D eigenvalue weighted by molar-refractivity contribution is 5.83. The van der Waals surface area contributed by atoms with E-state index in [1.165, 1.54) is 0 Å². The van der Waals surface area contributed by atoms with Crippen LogP contribution in [0.1, 0.15) is 12.0 Å². The van der Waals surface area contributed by atoms with Crippen LogP contribution < -0.4 is 5.06 Å². The molecule has 0 unspecified atom stereocenters. The van der Waals surface area contributed by atoms with E-state index in [0.717, 1.165) is 42.1 Å². The van der Waals surface area contributed by atoms with Gasteiger partial charge in [0.2, 0.25) is 0 Å². The zero-order chi connectivity index (χ0) is 14.1. The van der Waals surface area contributed by atoms with Gasteiger partial charge in [0.25, 0.3) is 0 Å². The van der Waals surface area contributed by atoms with Crippen molar-refractivity contribution < 1.29 is 4.84 Å². The van der Waals surface area contributed by atoms with Gasteiger partial charge in [0, 0.05) is 13.1 Å². The van der Waals surface area contributed by atoms with E-state index in [0.29, 0.717) is 6.61 Å². The van der Waals surface area contributed by atoms with Gasteiger partial charge < -0.3 is 4.57 Å². The number of hydrogen-bond acceptors (Lipinski definition) is 5. The molecule has 0 bridgehead atoms. The van der Waals surface area contributed by atoms with Crippen molar-refractivity contribution in [3.8, 4) is 0 Å². The maximum Gasteiger partial charge on any atom is 0.183 e. The number of nitrogens with zero attached hydrogens (tertiary/aromatic N) is 5. The molecular formula is C15H15N5O. The van der Waals surface area contributed by atoms with E-state index in [1.54, 1.807) is 6.33 Å². The number of hydroxylamine groups is 1. The predicted molar refractivity (Wildman–Crippen MR) is 78.5 cm³/mol. The summed E-state index contributed by atoms with van der Waals surface area (Å²) in [5.41, 5.74) is 2.80. The van der Waals surface area contributed by atoms with Crippen LogP contribution >= 0.6 is 0 Å². The predicted octanol–water partition coefficient (Wildman–Crippen LogP) is 2.17. The molecule has 4 rings (SSSR count). The van der Waals surface area contributed by atoms with E-state index in [1.807, 2.05) is 29.6 Å². The van der Waals surface area contributed by atoms with Crippen LogP contribution in [0.3, 0.4) is 0 Å². The Balaban J connectivity index is 1.64. The minimum Gasteiger partial charge on any atom is -0.326 e. The molecular weight excluding hydrogens is 266 g/mol. The van der Waals surface area contributed by atoms with E-state index in [9.17, 15) is 0 Å². The molecule has 2 aromatic heterocycles. The zero-order valence-electron chi connectivity index (χ0n) is 11.5. The van der Waals surface area contributed by atoms with Gasteiger partial charge in [-0.3, -0.25) is 4.84 Å². The van der Waals surface area contributed by atoms with Gasteiger partial charge in [-0.15, -0.1) is 0 Å². The van der Waals surface area contributed by atoms with E-state index in [-0.39, 0.29) is 0 Å². The molecule has 0 saturated heterocycles. The first-order chi connectivity index (χ1) is 10.4. The number of hydrogen-bond donors (Lipinski definition) is 0. The van der Waals surface area contributed by atoms with Crippen molar-refractivity contribution in [1.82, 2.24) is 19.5 Å². The number of aromatic nitrogens is 4. The van der Waals surface area contributed by atoms with Crippen LogP contribution in [-0.2, 0) is 18.0 Å². The number of aryl methyl sites for hydroxylation is 1. The third kappa shape index (κ3) is 2.23. The molecule has 0 aliphatic carbocycles. The van der Waals surface area contributed by atoms with Crippen molar-refractivity contribution in [2.24, 2.45) is 0 Å². The topological polar surface area (TPSA) is 56.1 Å². The summed E-state index contributed by atoms with van der Waals surface area (Å²) in [4.78, 5) is 18.9. The van der Waals surface area contributed by atoms with E-state index < -0.39 is 0 Å². The first-order valence-corrected chi connectivity index (χ1v) is 7.02. The SMILES string of the molecule is c1ccc(CON2CCCn3cnc4ncnc2c43)cc1. The summed E-state index contributed by atoms with van der Waals surface area (Å²) in [6.07, 6.45) is 4.35. The molecule has 106 valence electrons. The van der Waals surface area contributed by atoms with E-state index in [4.69, 9.17) is 4.84 Å². The van der Waals surface area contributed by atoms with Crippen molar-refractivity contribution >= 4 is 17.0 Å². The average Bonchev–Trinajstić information content (AvgIpc) is 2.86. The van der Waals surface area contributed by atoms with Gasteiger partial charge in [-0.2, -0.15) is 0 Å². The molecule has 0 saturated carbocycles. The largest absolute Gasteiger partial charge is 0.326 e. The third-order valence-corrected chi connectivity index (χ3v) is 3.62. The molecule has 3 aromatic rings. The second-order valence-corrected chi connectivity index (χ2v) is 5.02. The van der Waals surface area contributed by atoms with Gasteiger partial charge in [-0.05, 0) is 12.0 Å². The molecule has 0 fully saturated rings. The standard InChI is InChI=1S/C15H15N5O/c1-2-5-12(6-3-1)9-21-20-8-4-7-19-11-18-14-13(19)15(20)17-10-16-14/h1-3,5-6,10-11H,4,7-9H2. The third-order valence-electron chi connectivity index (χ3n) is 3.62. The van der Waals surface area contributed by atoms with Crippen LogP contribution in [0, 0.1) is 0 Å². The van der Waals surface area contributed by atoms with Gasteiger partial charge in [-0.25, -0.2) is 20.0 Å². The van der Waals surface area contributed by atoms with Gasteiger partial charge >= 0.3 is 0 Å². The number of benzene rings is 1. The maximum atomic E-state index is 5.97. The Morgan fingerprint density at radius 1 is 1.05 bits per heavy atom. The fraction of sp³-hybridized carbons (Fsp3) is 0.267. The summed E-state index contributed by atoms with van der Waals surface area (Å²) >= 11 is 0. The van der Waals surface area contributed by atoms with Gasteiger partial charge in [0.1, 0.15) is 11.8 Å². The van der Waals surface area contributed by atoms with Crippen LogP contribution in [0.4, 0.5) is 5.82 Å². The first kappa shape index (κ1) is 12.3. The van der Waals surface area contributed by atoms with Gasteiger partial charge in [0.05, 0.1) is 12.9 Å². The Morgan fingerprint density at radius 2 is 1.95 bits per heavy atom. The molecule has 1 aliphatic rings. The Labute approximate surface area is 122 Å². The Morgan fingerprint density at radius 3 is 2.86 bits per heavy atom. The van der Waals surface area contributed by atoms with Crippen LogP contribution in [-0.4, -0.2) is 26.1 Å². The molecule has 1 aromatic carbocycles. The lowest BCUT2D eigenvalue weighted by molar-refractivity contribution is 0.0930. The average molecular weight is 281 g/mol. The summed E-state index contributed by atoms with van der Waals surface area (Å²) in [5.74, 6) is 0.797. The summed E-state index contributed by atoms with van der Waals surface area (Å²) < 4.78 is 2.09. The minimum absolute atomic E-state index is 0.528. The van der Waals surface area contributed by atoms with Crippen molar-refractivity contribution in [1.29, 1.82) is 0 Å². The molecule has 3 heterocycles. The Bertz CT molecular complexity index is 755. The Hall–Kier alpha value is -2.47. The highest BCUT2D eigenvalue weighted by atomic mass is 16.7. The lowest BCUT2D eigenvalue weighted by atomic mass is 10.2. The lowest BCUT2D eigenvalue weighted by Crippen LogP contribution is -2.25. The molecule has 6 heteroatoms. The molecule has 21 heavy (non-hydrogen) atoms. The highest BCUT2D eigenvalue weighted by Gasteiger charge is 2.20. The van der Waals surface area contributed by atoms with Crippen molar-refractivity contribution in [3.63, 3.8) is 0 Å². The van der Waals surface area contributed by atoms with Crippen molar-refractivity contribution in [3.05, 3.63) is 48.5 Å². The summed E-state index contributed by atoms with van der Waals surface area (Å²) in [7, 11) is 0. The second-order valence-electron chi connectivity index (χ2n) is 5.02. The fourth-order valence-corrected chi connectivity index (χ4v) is 2.59. The van der Waals surface area contributed by atoms with Crippen LogP contribution in [0.15, 0.2) is 43.0 Å². The highest BCUT2D eigenvalue weighted by Crippen LogP contribution is 2.26. The normalized spacial score (nSPS) is 14.4. The maximum absolute atomic E-state index is 5.97. The van der Waals surface area contributed by atoms with Crippen molar-refractivity contribution in [2.45, 2.75) is 19.6 Å². The molecule has 6 nitrogen and oxygen atoms in total. The summed E-state index contributed by atoms with van der Waals surface area (Å²) in [6, 6.07) is 10.1. The summed E-state index contributed by atoms with van der Waals surface area (Å²) in [5, 5.41) is 1.86. The van der Waals surface area contributed by atoms with Crippen LogP contribution in [0.2, 0.25) is 0 Å². The number of anilines is 1. The minimum atomic E-state index is 0.528. The van der Waals surface area contributed by atoms with Gasteiger partial charge in [-0.1, -0.05) is 30.3 Å². The van der Waals surface area contributed by atoms with Crippen molar-refractivity contribution in [2.75, 3.05) is 11.6 Å². The molecule has 1 aliphatic heterocycles. The number of rotatable bonds is 3. The molecule has 0 spiro atoms. The second kappa shape index (κ2) is 5.14. The smallest absolute Gasteiger partial charge is 0.183 e. The van der Waals surface area contributed by atoms with Gasteiger partial charge in [0.15, 0.2) is 11.5 Å². The quantitative estimate of drug-likeness (QED) is 0.736. The van der Waals surface area contributed by atoms with Crippen LogP contribution in [0.5, 0.6) is 0 Å². The van der Waals surface area contributed by atoms with E-state index >= 15 is 0 Å². The molecule has 0 radical (unpaired) electrons. The first-order valence-electron chi connectivity index (χ1n) is 7.02. The molecule has 0 amide bonds. The number of imidazole rings is 1. The Kier molecular flexibility index (Phi) is 3.01. The monoisotopic (exact) mass is 281 g/mol. The molecule has 0 atom stereocenters. The zero-order valence-corrected chi connectivity index (χ0v) is 11.5. The fourth-order valence-electron chi connectivity index (χ4n) is 2.59. The molecule has 0 N–H and O–H groups in total. The van der Waals surface area contributed by atoms with E-state index in [2.05, 4.69) is 31.7 Å². The summed E-state index contributed by atoms with van der Waals surface area (Å²) in [6.45, 7) is 2.24. The lowest BCUT2D eigenvalue weighted by Gasteiger charge is -2.21. The van der Waals surface area contributed by atoms with Crippen LogP contribution in [0.25, 0.3) is 11.2 Å².